The number of benzene rings is 3. The molecule has 0 aliphatic carbocycles. The van der Waals surface area contributed by atoms with Gasteiger partial charge in [-0.2, -0.15) is 8.42 Å². The average Bonchev–Trinajstić information content (AvgIpc) is 2.93. The van der Waals surface area contributed by atoms with Crippen molar-refractivity contribution in [2.45, 2.75) is 11.3 Å². The second kappa shape index (κ2) is 11.2. The number of non-ortho nitro benzene ring substituents is 1. The maximum absolute atomic E-state index is 13.2. The number of urea groups is 1. The number of allylic oxidation sites excluding steroid dienone is 1. The molecule has 12 nitrogen and oxygen atoms in total. The average molecular weight is 564 g/mol. The number of nitro benzene ring substituents is 1. The van der Waals surface area contributed by atoms with Crippen molar-refractivity contribution < 1.29 is 36.6 Å². The molecule has 0 spiro atoms. The summed E-state index contributed by atoms with van der Waals surface area (Å²) in [6, 6.07) is 14.0. The van der Waals surface area contributed by atoms with Gasteiger partial charge < -0.3 is 8.92 Å². The van der Waals surface area contributed by atoms with Crippen LogP contribution in [0, 0.1) is 10.1 Å². The van der Waals surface area contributed by atoms with Crippen LogP contribution in [0.2, 0.25) is 0 Å². The van der Waals surface area contributed by atoms with Crippen LogP contribution in [0.5, 0.6) is 11.5 Å². The van der Waals surface area contributed by atoms with Crippen LogP contribution in [0.25, 0.3) is 6.08 Å². The van der Waals surface area contributed by atoms with E-state index in [0.717, 1.165) is 12.1 Å². The van der Waals surface area contributed by atoms with Crippen molar-refractivity contribution in [1.29, 1.82) is 0 Å². The van der Waals surface area contributed by atoms with Gasteiger partial charge in [0.2, 0.25) is 0 Å². The van der Waals surface area contributed by atoms with E-state index in [0.29, 0.717) is 10.5 Å². The predicted octanol–water partition coefficient (Wildman–Crippen LogP) is 3.77. The zero-order valence-corrected chi connectivity index (χ0v) is 21.7. The minimum atomic E-state index is -4.23. The number of carbonyl (C=O) groups excluding carboxylic acids is 3. The topological polar surface area (TPSA) is 162 Å². The lowest BCUT2D eigenvalue weighted by molar-refractivity contribution is -0.384. The number of rotatable bonds is 9. The molecule has 4 rings (SSSR count). The highest BCUT2D eigenvalue weighted by Crippen LogP contribution is 2.37. The molecule has 0 atom stereocenters. The van der Waals surface area contributed by atoms with E-state index < -0.39 is 38.5 Å². The van der Waals surface area contributed by atoms with E-state index in [4.69, 9.17) is 8.92 Å². The van der Waals surface area contributed by atoms with Crippen LogP contribution in [0.3, 0.4) is 0 Å². The molecule has 0 radical (unpaired) electrons. The van der Waals surface area contributed by atoms with Crippen LogP contribution in [-0.4, -0.2) is 38.3 Å². The predicted molar refractivity (Wildman–Crippen MR) is 143 cm³/mol. The first-order valence-electron chi connectivity index (χ1n) is 11.5. The van der Waals surface area contributed by atoms with Gasteiger partial charge in [0.15, 0.2) is 11.5 Å². The molecular formula is C27H21N3O9S. The molecule has 3 aromatic carbocycles. The Bertz CT molecular complexity index is 1670. The van der Waals surface area contributed by atoms with Crippen molar-refractivity contribution >= 4 is 45.4 Å². The quantitative estimate of drug-likeness (QED) is 0.102. The van der Waals surface area contributed by atoms with E-state index in [2.05, 4.69) is 11.9 Å². The molecule has 204 valence electrons. The molecular weight excluding hydrogens is 542 g/mol. The van der Waals surface area contributed by atoms with E-state index in [-0.39, 0.29) is 39.8 Å². The van der Waals surface area contributed by atoms with Crippen LogP contribution >= 0.6 is 0 Å². The lowest BCUT2D eigenvalue weighted by Gasteiger charge is -2.26. The highest BCUT2D eigenvalue weighted by molar-refractivity contribution is 7.87. The highest BCUT2D eigenvalue weighted by atomic mass is 32.2. The summed E-state index contributed by atoms with van der Waals surface area (Å²) in [4.78, 5) is 49.2. The van der Waals surface area contributed by atoms with Gasteiger partial charge in [0, 0.05) is 17.7 Å². The minimum absolute atomic E-state index is 0.00215. The summed E-state index contributed by atoms with van der Waals surface area (Å²) in [5.41, 5.74) is -0.0809. The van der Waals surface area contributed by atoms with Crippen LogP contribution in [0.15, 0.2) is 89.9 Å². The summed E-state index contributed by atoms with van der Waals surface area (Å²) >= 11 is 0. The van der Waals surface area contributed by atoms with Crippen LogP contribution in [0.1, 0.15) is 11.1 Å². The van der Waals surface area contributed by atoms with Crippen LogP contribution in [0.4, 0.5) is 16.2 Å². The van der Waals surface area contributed by atoms with Gasteiger partial charge in [-0.15, -0.1) is 6.58 Å². The number of barbiturate groups is 1. The standard InChI is InChI=1S/C27H21N3O9S/c1-3-7-18-14-17(16-23(38-2)24(18)39-40(36,37)21-8-5-4-6-9-21)15-22-25(31)28-27(33)29(26(22)32)19-10-12-20(13-11-19)30(34)35/h3-6,8-16H,1,7H2,2H3,(H,28,31,33)/b22-15+. The second-order valence-corrected chi connectivity index (χ2v) is 9.83. The van der Waals surface area contributed by atoms with E-state index in [1.165, 1.54) is 55.7 Å². The maximum atomic E-state index is 13.2. The summed E-state index contributed by atoms with van der Waals surface area (Å²) < 4.78 is 36.6. The Labute approximate surface area is 228 Å². The zero-order valence-electron chi connectivity index (χ0n) is 20.9. The monoisotopic (exact) mass is 563 g/mol. The second-order valence-electron chi connectivity index (χ2n) is 8.29. The van der Waals surface area contributed by atoms with E-state index in [1.54, 1.807) is 18.2 Å². The van der Waals surface area contributed by atoms with Gasteiger partial charge in [-0.05, 0) is 54.5 Å². The number of nitrogens with zero attached hydrogens (tertiary/aromatic N) is 2. The van der Waals surface area contributed by atoms with Crippen molar-refractivity contribution in [2.24, 2.45) is 0 Å². The number of ether oxygens (including phenoxy) is 1. The van der Waals surface area contributed by atoms with E-state index in [9.17, 15) is 32.9 Å². The highest BCUT2D eigenvalue weighted by Gasteiger charge is 2.37. The molecule has 4 amide bonds. The third kappa shape index (κ3) is 5.59. The molecule has 0 bridgehead atoms. The Hall–Kier alpha value is -5.30. The SMILES string of the molecule is C=CCc1cc(/C=C2\C(=O)NC(=O)N(c3ccc([N+](=O)[O-])cc3)C2=O)cc(OC)c1OS(=O)(=O)c1ccccc1. The van der Waals surface area contributed by atoms with Crippen molar-refractivity contribution in [2.75, 3.05) is 12.0 Å². The van der Waals surface area contributed by atoms with Crippen molar-refractivity contribution in [3.63, 3.8) is 0 Å². The fourth-order valence-electron chi connectivity index (χ4n) is 3.85. The van der Waals surface area contributed by atoms with Gasteiger partial charge in [-0.25, -0.2) is 9.69 Å². The van der Waals surface area contributed by atoms with Crippen molar-refractivity contribution in [3.8, 4) is 11.5 Å². The molecule has 0 unspecified atom stereocenters. The van der Waals surface area contributed by atoms with E-state index >= 15 is 0 Å². The van der Waals surface area contributed by atoms with Gasteiger partial charge in [0.25, 0.3) is 17.5 Å². The van der Waals surface area contributed by atoms with E-state index in [1.807, 2.05) is 0 Å². The summed E-state index contributed by atoms with van der Waals surface area (Å²) in [6.45, 7) is 3.68. The molecule has 0 aromatic heterocycles. The van der Waals surface area contributed by atoms with Gasteiger partial charge in [0.05, 0.1) is 17.7 Å². The molecule has 1 aliphatic heterocycles. The number of hydrogen-bond donors (Lipinski definition) is 1. The van der Waals surface area contributed by atoms with Gasteiger partial charge in [-0.3, -0.25) is 25.0 Å². The number of hydrogen-bond acceptors (Lipinski definition) is 9. The summed E-state index contributed by atoms with van der Waals surface area (Å²) in [7, 11) is -2.94. The minimum Gasteiger partial charge on any atom is -0.493 e. The Morgan fingerprint density at radius 2 is 1.73 bits per heavy atom. The zero-order chi connectivity index (χ0) is 29.0. The third-order valence-electron chi connectivity index (χ3n) is 5.69. The van der Waals surface area contributed by atoms with Gasteiger partial charge in [0.1, 0.15) is 10.5 Å². The van der Waals surface area contributed by atoms with Crippen LogP contribution < -0.4 is 19.1 Å². The molecule has 0 saturated carbocycles. The Morgan fingerprint density at radius 1 is 1.05 bits per heavy atom. The number of amides is 4. The molecule has 40 heavy (non-hydrogen) atoms. The normalized spacial score (nSPS) is 14.6. The fourth-order valence-corrected chi connectivity index (χ4v) is 4.84. The smallest absolute Gasteiger partial charge is 0.339 e. The van der Waals surface area contributed by atoms with Crippen molar-refractivity contribution in [3.05, 3.63) is 106 Å². The molecule has 1 saturated heterocycles. The molecule has 13 heteroatoms. The molecule has 3 aromatic rings. The lowest BCUT2D eigenvalue weighted by atomic mass is 10.0. The van der Waals surface area contributed by atoms with Crippen molar-refractivity contribution in [1.82, 2.24) is 5.32 Å². The number of carbonyl (C=O) groups is 3. The number of methoxy groups -OCH3 is 1. The Morgan fingerprint density at radius 3 is 2.33 bits per heavy atom. The van der Waals surface area contributed by atoms with Gasteiger partial charge in [-0.1, -0.05) is 24.3 Å². The first-order chi connectivity index (χ1) is 19.1. The number of anilines is 1. The first kappa shape index (κ1) is 27.7. The number of nitrogens with one attached hydrogen (secondary N) is 1. The molecule has 1 N–H and O–H groups in total. The fraction of sp³-hybridized carbons (Fsp3) is 0.0741. The summed E-state index contributed by atoms with van der Waals surface area (Å²) in [6.07, 6.45) is 2.84. The first-order valence-corrected chi connectivity index (χ1v) is 12.9. The Kier molecular flexibility index (Phi) is 7.77. The Balaban J connectivity index is 1.75. The van der Waals surface area contributed by atoms with Gasteiger partial charge >= 0.3 is 16.1 Å². The molecule has 1 fully saturated rings. The summed E-state index contributed by atoms with van der Waals surface area (Å²) in [5.74, 6) is -2.05. The van der Waals surface area contributed by atoms with Crippen LogP contribution in [-0.2, 0) is 26.1 Å². The molecule has 1 heterocycles. The number of imide groups is 2. The summed E-state index contributed by atoms with van der Waals surface area (Å²) in [5, 5.41) is 13.0. The number of nitro groups is 1. The lowest BCUT2D eigenvalue weighted by Crippen LogP contribution is -2.54. The molecule has 1 aliphatic rings. The third-order valence-corrected chi connectivity index (χ3v) is 6.93. The largest absolute Gasteiger partial charge is 0.493 e. The maximum Gasteiger partial charge on any atom is 0.339 e.